The molecule has 0 fully saturated rings. The Morgan fingerprint density at radius 2 is 1.82 bits per heavy atom. The number of hydrogen-bond acceptors (Lipinski definition) is 5. The zero-order valence-electron chi connectivity index (χ0n) is 14.7. The van der Waals surface area contributed by atoms with Crippen molar-refractivity contribution >= 4 is 21.9 Å². The Hall–Kier alpha value is -3.19. The van der Waals surface area contributed by atoms with Gasteiger partial charge < -0.3 is 9.15 Å². The first-order valence-corrected chi connectivity index (χ1v) is 9.41. The molecule has 140 valence electrons. The minimum Gasteiger partial charge on any atom is -0.452 e. The van der Waals surface area contributed by atoms with Gasteiger partial charge in [-0.05, 0) is 45.8 Å². The van der Waals surface area contributed by atoms with Crippen LogP contribution in [0.3, 0.4) is 0 Å². The Kier molecular flexibility index (Phi) is 5.34. The molecule has 1 aromatic carbocycles. The van der Waals surface area contributed by atoms with Gasteiger partial charge >= 0.3 is 5.97 Å². The second-order valence-electron chi connectivity index (χ2n) is 6.10. The summed E-state index contributed by atoms with van der Waals surface area (Å²) in [5.41, 5.74) is 1.71. The lowest BCUT2D eigenvalue weighted by molar-refractivity contribution is 0.0339. The summed E-state index contributed by atoms with van der Waals surface area (Å²) in [6.07, 6.45) is 6.32. The van der Waals surface area contributed by atoms with Gasteiger partial charge in [0.05, 0.1) is 17.2 Å². The van der Waals surface area contributed by atoms with Crippen LogP contribution in [0.25, 0.3) is 0 Å². The van der Waals surface area contributed by atoms with Gasteiger partial charge in [0.15, 0.2) is 6.10 Å². The summed E-state index contributed by atoms with van der Waals surface area (Å²) in [4.78, 5) is 16.7. The third-order valence-corrected chi connectivity index (χ3v) is 4.53. The number of ether oxygens (including phenoxy) is 1. The largest absolute Gasteiger partial charge is 0.452 e. The van der Waals surface area contributed by atoms with Crippen molar-refractivity contribution in [3.63, 3.8) is 0 Å². The zero-order valence-corrected chi connectivity index (χ0v) is 16.3. The predicted octanol–water partition coefficient (Wildman–Crippen LogP) is 4.63. The molecule has 0 aliphatic carbocycles. The van der Waals surface area contributed by atoms with Gasteiger partial charge in [-0.2, -0.15) is 5.10 Å². The molecule has 0 saturated heterocycles. The molecular weight excluding hydrogens is 422 g/mol. The summed E-state index contributed by atoms with van der Waals surface area (Å²) in [5.74, 6) is 0.234. The molecule has 7 heteroatoms. The average molecular weight is 438 g/mol. The molecule has 3 heterocycles. The van der Waals surface area contributed by atoms with Crippen LogP contribution in [0.15, 0.2) is 88.3 Å². The van der Waals surface area contributed by atoms with E-state index in [-0.39, 0.29) is 5.76 Å². The van der Waals surface area contributed by atoms with Gasteiger partial charge in [-0.25, -0.2) is 4.79 Å². The number of esters is 1. The van der Waals surface area contributed by atoms with Crippen LogP contribution in [0, 0.1) is 0 Å². The number of hydrogen-bond donors (Lipinski definition) is 0. The standard InChI is InChI=1S/C21H16BrN3O3/c22-17-12-24-25(13-17)14-18-6-7-19(27-18)21(26)28-20(15-4-2-1-3-5-15)16-8-10-23-11-9-16/h1-13,20H,14H2. The number of benzene rings is 1. The second-order valence-corrected chi connectivity index (χ2v) is 7.01. The van der Waals surface area contributed by atoms with Crippen molar-refractivity contribution < 1.29 is 13.9 Å². The molecule has 0 saturated carbocycles. The Balaban J connectivity index is 1.53. The summed E-state index contributed by atoms with van der Waals surface area (Å²) in [6, 6.07) is 16.6. The fraction of sp³-hybridized carbons (Fsp3) is 0.0952. The Morgan fingerprint density at radius 3 is 2.54 bits per heavy atom. The number of carbonyl (C=O) groups is 1. The van der Waals surface area contributed by atoms with Crippen LogP contribution in [0.2, 0.25) is 0 Å². The first kappa shape index (κ1) is 18.2. The van der Waals surface area contributed by atoms with Crippen molar-refractivity contribution in [1.29, 1.82) is 0 Å². The second kappa shape index (κ2) is 8.22. The fourth-order valence-electron chi connectivity index (χ4n) is 2.82. The van der Waals surface area contributed by atoms with Crippen molar-refractivity contribution in [2.24, 2.45) is 0 Å². The highest BCUT2D eigenvalue weighted by Gasteiger charge is 2.22. The third kappa shape index (κ3) is 4.20. The van der Waals surface area contributed by atoms with Crippen molar-refractivity contribution in [2.45, 2.75) is 12.6 Å². The lowest BCUT2D eigenvalue weighted by Crippen LogP contribution is -2.12. The highest BCUT2D eigenvalue weighted by molar-refractivity contribution is 9.10. The van der Waals surface area contributed by atoms with E-state index in [0.29, 0.717) is 12.3 Å². The maximum Gasteiger partial charge on any atom is 0.375 e. The SMILES string of the molecule is O=C(OC(c1ccccc1)c1ccncc1)c1ccc(Cn2cc(Br)cn2)o1. The Bertz CT molecular complexity index is 1020. The van der Waals surface area contributed by atoms with Gasteiger partial charge in [0.25, 0.3) is 0 Å². The highest BCUT2D eigenvalue weighted by atomic mass is 79.9. The van der Waals surface area contributed by atoms with E-state index in [4.69, 9.17) is 9.15 Å². The molecule has 0 aliphatic heterocycles. The van der Waals surface area contributed by atoms with Crippen LogP contribution in [-0.2, 0) is 11.3 Å². The summed E-state index contributed by atoms with van der Waals surface area (Å²) in [6.45, 7) is 0.422. The minimum absolute atomic E-state index is 0.149. The topological polar surface area (TPSA) is 70.2 Å². The molecule has 1 unspecified atom stereocenters. The highest BCUT2D eigenvalue weighted by Crippen LogP contribution is 2.27. The first-order valence-electron chi connectivity index (χ1n) is 8.61. The molecule has 0 aliphatic rings. The summed E-state index contributed by atoms with van der Waals surface area (Å²) in [7, 11) is 0. The molecular formula is C21H16BrN3O3. The van der Waals surface area contributed by atoms with Crippen molar-refractivity contribution in [2.75, 3.05) is 0 Å². The lowest BCUT2D eigenvalue weighted by Gasteiger charge is -2.18. The number of aromatic nitrogens is 3. The van der Waals surface area contributed by atoms with E-state index < -0.39 is 12.1 Å². The Morgan fingerprint density at radius 1 is 1.07 bits per heavy atom. The normalized spacial score (nSPS) is 11.9. The predicted molar refractivity (Wildman–Crippen MR) is 106 cm³/mol. The van der Waals surface area contributed by atoms with E-state index in [0.717, 1.165) is 15.6 Å². The van der Waals surface area contributed by atoms with Crippen molar-refractivity contribution in [3.8, 4) is 0 Å². The molecule has 4 rings (SSSR count). The van der Waals surface area contributed by atoms with Gasteiger partial charge in [0.1, 0.15) is 5.76 Å². The van der Waals surface area contributed by atoms with E-state index in [1.165, 1.54) is 0 Å². The smallest absolute Gasteiger partial charge is 0.375 e. The average Bonchev–Trinajstić information content (AvgIpc) is 3.36. The van der Waals surface area contributed by atoms with Gasteiger partial charge in [-0.15, -0.1) is 0 Å². The van der Waals surface area contributed by atoms with E-state index in [1.54, 1.807) is 35.4 Å². The van der Waals surface area contributed by atoms with E-state index in [2.05, 4.69) is 26.0 Å². The quantitative estimate of drug-likeness (QED) is 0.411. The van der Waals surface area contributed by atoms with E-state index >= 15 is 0 Å². The molecule has 0 radical (unpaired) electrons. The Labute approximate surface area is 169 Å². The minimum atomic E-state index is -0.549. The number of pyridine rings is 1. The number of nitrogens with zero attached hydrogens (tertiary/aromatic N) is 3. The number of carbonyl (C=O) groups excluding carboxylic acids is 1. The number of rotatable bonds is 6. The van der Waals surface area contributed by atoms with Crippen LogP contribution >= 0.6 is 15.9 Å². The van der Waals surface area contributed by atoms with Gasteiger partial charge in [-0.3, -0.25) is 9.67 Å². The van der Waals surface area contributed by atoms with Crippen LogP contribution < -0.4 is 0 Å². The fourth-order valence-corrected chi connectivity index (χ4v) is 3.14. The summed E-state index contributed by atoms with van der Waals surface area (Å²) >= 11 is 3.35. The van der Waals surface area contributed by atoms with Gasteiger partial charge in [-0.1, -0.05) is 30.3 Å². The van der Waals surface area contributed by atoms with Crippen LogP contribution in [0.1, 0.15) is 33.5 Å². The van der Waals surface area contributed by atoms with E-state index in [9.17, 15) is 4.79 Å². The monoisotopic (exact) mass is 437 g/mol. The van der Waals surface area contributed by atoms with Crippen molar-refractivity contribution in [1.82, 2.24) is 14.8 Å². The molecule has 4 aromatic rings. The third-order valence-electron chi connectivity index (χ3n) is 4.12. The summed E-state index contributed by atoms with van der Waals surface area (Å²) < 4.78 is 14.0. The lowest BCUT2D eigenvalue weighted by atomic mass is 10.0. The molecule has 28 heavy (non-hydrogen) atoms. The van der Waals surface area contributed by atoms with Gasteiger partial charge in [0, 0.05) is 24.2 Å². The van der Waals surface area contributed by atoms with Crippen LogP contribution in [0.4, 0.5) is 0 Å². The molecule has 0 amide bonds. The molecule has 1 atom stereocenters. The van der Waals surface area contributed by atoms with Gasteiger partial charge in [0.2, 0.25) is 5.76 Å². The molecule has 0 spiro atoms. The molecule has 3 aromatic heterocycles. The molecule has 0 bridgehead atoms. The zero-order chi connectivity index (χ0) is 19.3. The number of furan rings is 1. The maximum atomic E-state index is 12.7. The number of halogens is 1. The maximum absolute atomic E-state index is 12.7. The van der Waals surface area contributed by atoms with Crippen molar-refractivity contribution in [3.05, 3.63) is 107 Å². The first-order chi connectivity index (χ1) is 13.7. The van der Waals surface area contributed by atoms with Crippen LogP contribution in [-0.4, -0.2) is 20.7 Å². The van der Waals surface area contributed by atoms with E-state index in [1.807, 2.05) is 48.7 Å². The molecule has 6 nitrogen and oxygen atoms in total. The van der Waals surface area contributed by atoms with Crippen LogP contribution in [0.5, 0.6) is 0 Å². The summed E-state index contributed by atoms with van der Waals surface area (Å²) in [5, 5.41) is 4.18. The molecule has 0 N–H and O–H groups in total.